The highest BCUT2D eigenvalue weighted by molar-refractivity contribution is 9.10. The third kappa shape index (κ3) is 4.58. The van der Waals surface area contributed by atoms with Crippen LogP contribution in [0.4, 0.5) is 5.69 Å². The van der Waals surface area contributed by atoms with Crippen LogP contribution in [0.3, 0.4) is 0 Å². The molecule has 0 aliphatic heterocycles. The zero-order valence-electron chi connectivity index (χ0n) is 13.4. The summed E-state index contributed by atoms with van der Waals surface area (Å²) in [6.45, 7) is 4.68. The molecule has 2 N–H and O–H groups in total. The monoisotopic (exact) mass is 391 g/mol. The van der Waals surface area contributed by atoms with Crippen LogP contribution in [0.15, 0.2) is 46.9 Å². The van der Waals surface area contributed by atoms with Gasteiger partial charge in [-0.3, -0.25) is 4.79 Å². The SMILES string of the molecule is CC(C)COc1ccc(C(=O)Nc2ccccc2C(=O)O)cc1Br. The summed E-state index contributed by atoms with van der Waals surface area (Å²) in [5.41, 5.74) is 0.701. The zero-order chi connectivity index (χ0) is 17.7. The van der Waals surface area contributed by atoms with Crippen LogP contribution in [-0.2, 0) is 0 Å². The third-order valence-corrected chi connectivity index (χ3v) is 3.79. The Morgan fingerprint density at radius 2 is 1.92 bits per heavy atom. The maximum absolute atomic E-state index is 12.4. The van der Waals surface area contributed by atoms with Gasteiger partial charge in [-0.05, 0) is 52.2 Å². The first kappa shape index (κ1) is 18.0. The highest BCUT2D eigenvalue weighted by Crippen LogP contribution is 2.27. The van der Waals surface area contributed by atoms with E-state index in [1.807, 2.05) is 0 Å². The molecule has 0 radical (unpaired) electrons. The van der Waals surface area contributed by atoms with Gasteiger partial charge in [0.25, 0.3) is 5.91 Å². The molecule has 0 bridgehead atoms. The number of halogens is 1. The molecule has 1 amide bonds. The van der Waals surface area contributed by atoms with Crippen LogP contribution >= 0.6 is 15.9 Å². The first-order chi connectivity index (χ1) is 11.4. The minimum atomic E-state index is -1.09. The van der Waals surface area contributed by atoms with Crippen LogP contribution < -0.4 is 10.1 Å². The van der Waals surface area contributed by atoms with Crippen LogP contribution in [0.25, 0.3) is 0 Å². The van der Waals surface area contributed by atoms with E-state index >= 15 is 0 Å². The molecule has 2 rings (SSSR count). The topological polar surface area (TPSA) is 75.6 Å². The number of aromatic carboxylic acids is 1. The molecule has 6 heteroatoms. The van der Waals surface area contributed by atoms with Gasteiger partial charge in [-0.2, -0.15) is 0 Å². The lowest BCUT2D eigenvalue weighted by molar-refractivity contribution is 0.0698. The van der Waals surface area contributed by atoms with Gasteiger partial charge in [-0.25, -0.2) is 4.79 Å². The number of carboxylic acid groups (broad SMARTS) is 1. The Labute approximate surface area is 148 Å². The quantitative estimate of drug-likeness (QED) is 0.763. The van der Waals surface area contributed by atoms with E-state index < -0.39 is 5.97 Å². The number of hydrogen-bond acceptors (Lipinski definition) is 3. The number of rotatable bonds is 6. The van der Waals surface area contributed by atoms with Crippen LogP contribution in [0.2, 0.25) is 0 Å². The molecular weight excluding hydrogens is 374 g/mol. The Kier molecular flexibility index (Phi) is 5.98. The van der Waals surface area contributed by atoms with Crippen LogP contribution in [-0.4, -0.2) is 23.6 Å². The van der Waals surface area contributed by atoms with Crippen molar-refractivity contribution < 1.29 is 19.4 Å². The molecule has 0 aliphatic carbocycles. The number of carbonyl (C=O) groups excluding carboxylic acids is 1. The summed E-state index contributed by atoms with van der Waals surface area (Å²) in [5.74, 6) is -0.428. The third-order valence-electron chi connectivity index (χ3n) is 3.17. The van der Waals surface area contributed by atoms with E-state index in [2.05, 4.69) is 35.1 Å². The minimum absolute atomic E-state index is 0.0433. The van der Waals surface area contributed by atoms with E-state index in [4.69, 9.17) is 9.84 Å². The number of ether oxygens (including phenoxy) is 1. The summed E-state index contributed by atoms with van der Waals surface area (Å²) >= 11 is 3.39. The molecule has 0 spiro atoms. The van der Waals surface area contributed by atoms with Crippen LogP contribution in [0.5, 0.6) is 5.75 Å². The van der Waals surface area contributed by atoms with Crippen molar-refractivity contribution in [1.82, 2.24) is 0 Å². The maximum Gasteiger partial charge on any atom is 0.337 e. The average molecular weight is 392 g/mol. The van der Waals surface area contributed by atoms with E-state index in [9.17, 15) is 9.59 Å². The summed E-state index contributed by atoms with van der Waals surface area (Å²) in [6, 6.07) is 11.3. The largest absolute Gasteiger partial charge is 0.492 e. The lowest BCUT2D eigenvalue weighted by Gasteiger charge is -2.12. The molecule has 0 saturated carbocycles. The first-order valence-electron chi connectivity index (χ1n) is 7.44. The fourth-order valence-corrected chi connectivity index (χ4v) is 2.48. The highest BCUT2D eigenvalue weighted by Gasteiger charge is 2.14. The van der Waals surface area contributed by atoms with E-state index in [0.29, 0.717) is 28.3 Å². The number of benzene rings is 2. The van der Waals surface area contributed by atoms with Gasteiger partial charge in [0, 0.05) is 5.56 Å². The second-order valence-corrected chi connectivity index (χ2v) is 6.51. The van der Waals surface area contributed by atoms with Gasteiger partial charge in [0.1, 0.15) is 5.75 Å². The predicted molar refractivity (Wildman–Crippen MR) is 95.8 cm³/mol. The van der Waals surface area contributed by atoms with Crippen molar-refractivity contribution in [2.24, 2.45) is 5.92 Å². The molecule has 126 valence electrons. The van der Waals surface area contributed by atoms with Crippen molar-refractivity contribution >= 4 is 33.5 Å². The molecule has 24 heavy (non-hydrogen) atoms. The van der Waals surface area contributed by atoms with Gasteiger partial charge in [-0.15, -0.1) is 0 Å². The smallest absolute Gasteiger partial charge is 0.337 e. The number of hydrogen-bond donors (Lipinski definition) is 2. The molecular formula is C18H18BrNO4. The van der Waals surface area contributed by atoms with Crippen molar-refractivity contribution in [3.63, 3.8) is 0 Å². The van der Waals surface area contributed by atoms with E-state index in [1.54, 1.807) is 36.4 Å². The number of anilines is 1. The number of carboxylic acids is 1. The molecule has 0 atom stereocenters. The van der Waals surface area contributed by atoms with Crippen molar-refractivity contribution in [2.45, 2.75) is 13.8 Å². The molecule has 0 heterocycles. The van der Waals surface area contributed by atoms with Gasteiger partial charge in [-0.1, -0.05) is 26.0 Å². The van der Waals surface area contributed by atoms with Crippen molar-refractivity contribution in [3.8, 4) is 5.75 Å². The Bertz CT molecular complexity index is 758. The van der Waals surface area contributed by atoms with Crippen molar-refractivity contribution in [3.05, 3.63) is 58.1 Å². The lowest BCUT2D eigenvalue weighted by Crippen LogP contribution is -2.15. The molecule has 0 saturated heterocycles. The summed E-state index contributed by atoms with van der Waals surface area (Å²) in [7, 11) is 0. The van der Waals surface area contributed by atoms with Gasteiger partial charge in [0.2, 0.25) is 0 Å². The standard InChI is InChI=1S/C18H18BrNO4/c1-11(2)10-24-16-8-7-12(9-14(16)19)17(21)20-15-6-4-3-5-13(15)18(22)23/h3-9,11H,10H2,1-2H3,(H,20,21)(H,22,23). The molecule has 5 nitrogen and oxygen atoms in total. The molecule has 2 aromatic rings. The Balaban J connectivity index is 2.16. The van der Waals surface area contributed by atoms with Gasteiger partial charge in [0.05, 0.1) is 22.3 Å². The Morgan fingerprint density at radius 3 is 2.54 bits per heavy atom. The molecule has 0 aromatic heterocycles. The van der Waals surface area contributed by atoms with Crippen molar-refractivity contribution in [2.75, 3.05) is 11.9 Å². The minimum Gasteiger partial charge on any atom is -0.492 e. The van der Waals surface area contributed by atoms with Gasteiger partial charge < -0.3 is 15.2 Å². The second kappa shape index (κ2) is 7.97. The summed E-state index contributed by atoms with van der Waals surface area (Å²) in [6.07, 6.45) is 0. The average Bonchev–Trinajstić information content (AvgIpc) is 2.53. The second-order valence-electron chi connectivity index (χ2n) is 5.65. The van der Waals surface area contributed by atoms with Gasteiger partial charge in [0.15, 0.2) is 0 Å². The van der Waals surface area contributed by atoms with E-state index in [1.165, 1.54) is 6.07 Å². The van der Waals surface area contributed by atoms with E-state index in [0.717, 1.165) is 0 Å². The summed E-state index contributed by atoms with van der Waals surface area (Å²) in [4.78, 5) is 23.5. The number of carbonyl (C=O) groups is 2. The number of nitrogens with one attached hydrogen (secondary N) is 1. The first-order valence-corrected chi connectivity index (χ1v) is 8.23. The summed E-state index contributed by atoms with van der Waals surface area (Å²) < 4.78 is 6.31. The normalized spacial score (nSPS) is 10.5. The molecule has 2 aromatic carbocycles. The molecule has 0 unspecified atom stereocenters. The molecule has 0 aliphatic rings. The van der Waals surface area contributed by atoms with E-state index in [-0.39, 0.29) is 17.2 Å². The van der Waals surface area contributed by atoms with Crippen LogP contribution in [0.1, 0.15) is 34.6 Å². The fraction of sp³-hybridized carbons (Fsp3) is 0.222. The predicted octanol–water partition coefficient (Wildman–Crippen LogP) is 4.43. The maximum atomic E-state index is 12.4. The van der Waals surface area contributed by atoms with Crippen LogP contribution in [0, 0.1) is 5.92 Å². The number of amides is 1. The fourth-order valence-electron chi connectivity index (χ4n) is 1.99. The zero-order valence-corrected chi connectivity index (χ0v) is 15.0. The molecule has 0 fully saturated rings. The Hall–Kier alpha value is -2.34. The summed E-state index contributed by atoms with van der Waals surface area (Å²) in [5, 5.41) is 11.8. The van der Waals surface area contributed by atoms with Crippen molar-refractivity contribution in [1.29, 1.82) is 0 Å². The number of para-hydroxylation sites is 1. The highest BCUT2D eigenvalue weighted by atomic mass is 79.9. The Morgan fingerprint density at radius 1 is 1.21 bits per heavy atom. The lowest BCUT2D eigenvalue weighted by atomic mass is 10.1. The van der Waals surface area contributed by atoms with Gasteiger partial charge >= 0.3 is 5.97 Å².